The minimum Gasteiger partial charge on any atom is -0.318 e. The third-order valence-electron chi connectivity index (χ3n) is 15.8. The molecule has 324 valence electrons. The van der Waals surface area contributed by atoms with Crippen LogP contribution in [0.25, 0.3) is 22.3 Å². The van der Waals surface area contributed by atoms with Gasteiger partial charge in [0, 0.05) is 35.5 Å². The van der Waals surface area contributed by atoms with Crippen LogP contribution >= 0.6 is 0 Å². The SMILES string of the molecule is CCCC(=O)O/N=C(/c1ccc2c(c1)C1(CCC3(CC1)c1cc(C)ccc1-c1ccc(/C(=N/OC(=O)CCC)C4CCC(C)CC4)cc13)c1cc(C)ccc1-2)C1CCC(C)CC1. The predicted octanol–water partition coefficient (Wildman–Crippen LogP) is 13.9. The van der Waals surface area contributed by atoms with Gasteiger partial charge in [0.1, 0.15) is 0 Å². The average Bonchev–Trinajstić information content (AvgIpc) is 3.67. The van der Waals surface area contributed by atoms with Crippen molar-refractivity contribution in [1.29, 1.82) is 0 Å². The molecular formula is C56H66N2O4. The number of carbonyl (C=O) groups excluding carboxylic acids is 2. The van der Waals surface area contributed by atoms with Gasteiger partial charge in [0.25, 0.3) is 0 Å². The molecule has 4 aromatic carbocycles. The summed E-state index contributed by atoms with van der Waals surface area (Å²) in [6, 6.07) is 28.2. The van der Waals surface area contributed by atoms with Gasteiger partial charge in [0.15, 0.2) is 0 Å². The van der Waals surface area contributed by atoms with Crippen LogP contribution in [0, 0.1) is 37.5 Å². The summed E-state index contributed by atoms with van der Waals surface area (Å²) in [5.74, 6) is 1.42. The minimum absolute atomic E-state index is 0.160. The van der Waals surface area contributed by atoms with Crippen molar-refractivity contribution in [3.63, 3.8) is 0 Å². The van der Waals surface area contributed by atoms with Crippen molar-refractivity contribution in [3.8, 4) is 22.3 Å². The number of nitrogens with zero attached hydrogens (tertiary/aromatic N) is 2. The van der Waals surface area contributed by atoms with Crippen molar-refractivity contribution >= 4 is 23.4 Å². The molecular weight excluding hydrogens is 765 g/mol. The highest BCUT2D eigenvalue weighted by Crippen LogP contribution is 2.64. The average molecular weight is 831 g/mol. The van der Waals surface area contributed by atoms with Gasteiger partial charge in [0.2, 0.25) is 0 Å². The second kappa shape index (κ2) is 17.4. The lowest BCUT2D eigenvalue weighted by Gasteiger charge is -2.46. The maximum absolute atomic E-state index is 12.7. The van der Waals surface area contributed by atoms with Crippen LogP contribution in [-0.2, 0) is 30.1 Å². The molecule has 0 unspecified atom stereocenters. The minimum atomic E-state index is -0.257. The topological polar surface area (TPSA) is 77.3 Å². The number of rotatable bonds is 10. The molecule has 5 aliphatic carbocycles. The number of aryl methyl sites for hydroxylation is 2. The molecule has 0 atom stereocenters. The molecule has 62 heavy (non-hydrogen) atoms. The molecule has 0 N–H and O–H groups in total. The maximum atomic E-state index is 12.7. The Kier molecular flexibility index (Phi) is 11.9. The quantitative estimate of drug-likeness (QED) is 0.0906. The number of hydrogen-bond donors (Lipinski definition) is 0. The molecule has 0 amide bonds. The summed E-state index contributed by atoms with van der Waals surface area (Å²) < 4.78 is 0. The van der Waals surface area contributed by atoms with E-state index in [1.165, 1.54) is 55.6 Å². The largest absolute Gasteiger partial charge is 0.335 e. The van der Waals surface area contributed by atoms with Gasteiger partial charge in [-0.05, 0) is 158 Å². The van der Waals surface area contributed by atoms with Gasteiger partial charge in [-0.3, -0.25) is 0 Å². The number of fused-ring (bicyclic) bond motifs is 10. The van der Waals surface area contributed by atoms with E-state index in [4.69, 9.17) is 20.0 Å². The van der Waals surface area contributed by atoms with E-state index in [1.54, 1.807) is 0 Å². The molecule has 0 heterocycles. The second-order valence-electron chi connectivity index (χ2n) is 20.1. The van der Waals surface area contributed by atoms with Gasteiger partial charge < -0.3 is 9.68 Å². The zero-order valence-corrected chi connectivity index (χ0v) is 38.1. The normalized spacial score (nSPS) is 26.5. The van der Waals surface area contributed by atoms with Crippen LogP contribution in [0.3, 0.4) is 0 Å². The van der Waals surface area contributed by atoms with Gasteiger partial charge in [-0.1, -0.05) is 135 Å². The Balaban J connectivity index is 1.13. The molecule has 0 aromatic heterocycles. The van der Waals surface area contributed by atoms with Gasteiger partial charge in [-0.15, -0.1) is 0 Å². The van der Waals surface area contributed by atoms with E-state index >= 15 is 0 Å². The number of carbonyl (C=O) groups is 2. The highest BCUT2D eigenvalue weighted by atomic mass is 16.7. The van der Waals surface area contributed by atoms with Crippen molar-refractivity contribution in [2.75, 3.05) is 0 Å². The Morgan fingerprint density at radius 3 is 1.21 bits per heavy atom. The van der Waals surface area contributed by atoms with E-state index in [0.29, 0.717) is 24.7 Å². The number of hydrogen-bond acceptors (Lipinski definition) is 6. The van der Waals surface area contributed by atoms with Gasteiger partial charge >= 0.3 is 11.9 Å². The predicted molar refractivity (Wildman–Crippen MR) is 251 cm³/mol. The molecule has 0 bridgehead atoms. The van der Waals surface area contributed by atoms with E-state index < -0.39 is 0 Å². The molecule has 4 aromatic rings. The summed E-state index contributed by atoms with van der Waals surface area (Å²) in [7, 11) is 0. The van der Waals surface area contributed by atoms with E-state index in [1.807, 2.05) is 13.8 Å². The van der Waals surface area contributed by atoms with Crippen LogP contribution in [0.1, 0.15) is 175 Å². The van der Waals surface area contributed by atoms with Crippen molar-refractivity contribution < 1.29 is 19.3 Å². The molecule has 6 heteroatoms. The van der Waals surface area contributed by atoms with Crippen LogP contribution in [0.5, 0.6) is 0 Å². The van der Waals surface area contributed by atoms with Gasteiger partial charge in [0.05, 0.1) is 11.4 Å². The van der Waals surface area contributed by atoms with E-state index in [0.717, 1.165) is 112 Å². The zero-order valence-electron chi connectivity index (χ0n) is 38.1. The van der Waals surface area contributed by atoms with Crippen LogP contribution in [0.2, 0.25) is 0 Å². The van der Waals surface area contributed by atoms with E-state index in [9.17, 15) is 9.59 Å². The summed E-state index contributed by atoms with van der Waals surface area (Å²) in [5, 5.41) is 9.44. The fraction of sp³-hybridized carbons (Fsp3) is 0.500. The summed E-state index contributed by atoms with van der Waals surface area (Å²) in [6.07, 6.45) is 15.1. The Bertz CT molecular complexity index is 2250. The summed E-state index contributed by atoms with van der Waals surface area (Å²) in [5.41, 5.74) is 17.4. The first kappa shape index (κ1) is 42.5. The fourth-order valence-electron chi connectivity index (χ4n) is 12.2. The van der Waals surface area contributed by atoms with Crippen LogP contribution < -0.4 is 0 Å². The van der Waals surface area contributed by atoms with Crippen molar-refractivity contribution in [2.45, 2.75) is 155 Å². The first-order valence-electron chi connectivity index (χ1n) is 24.1. The second-order valence-corrected chi connectivity index (χ2v) is 20.1. The molecule has 0 saturated heterocycles. The first-order chi connectivity index (χ1) is 30.0. The van der Waals surface area contributed by atoms with Crippen molar-refractivity contribution in [3.05, 3.63) is 117 Å². The number of benzene rings is 4. The van der Waals surface area contributed by atoms with E-state index in [2.05, 4.69) is 100 Å². The van der Waals surface area contributed by atoms with E-state index in [-0.39, 0.29) is 34.6 Å². The zero-order chi connectivity index (χ0) is 43.2. The lowest BCUT2D eigenvalue weighted by Crippen LogP contribution is -2.39. The third-order valence-corrected chi connectivity index (χ3v) is 15.8. The van der Waals surface area contributed by atoms with Gasteiger partial charge in [-0.2, -0.15) is 0 Å². The lowest BCUT2D eigenvalue weighted by molar-refractivity contribution is -0.144. The number of oxime groups is 2. The molecule has 3 fully saturated rings. The Morgan fingerprint density at radius 2 is 0.855 bits per heavy atom. The van der Waals surface area contributed by atoms with Crippen LogP contribution in [-0.4, -0.2) is 23.4 Å². The fourth-order valence-corrected chi connectivity index (χ4v) is 12.2. The Morgan fingerprint density at radius 1 is 0.516 bits per heavy atom. The maximum Gasteiger partial charge on any atom is 0.335 e. The van der Waals surface area contributed by atoms with Crippen LogP contribution in [0.4, 0.5) is 0 Å². The molecule has 9 rings (SSSR count). The summed E-state index contributed by atoms with van der Waals surface area (Å²) in [6.45, 7) is 13.2. The standard InChI is InChI=1S/C56H66N2O4/c1-7-9-51(59)61-57-53(39-17-11-35(3)12-18-39)41-21-25-45-43-23-15-37(5)31-47(43)55(49(45)33-41)27-29-56(30-28-55)48-32-38(6)16-24-44(48)46-26-22-42(34-50(46)56)54(58-62-52(60)10-8-2)40-19-13-36(4)14-20-40/h15-16,21-26,31-36,39-40H,7-14,17-20,27-30H2,1-6H3/b57-53+,58-54+. The molecule has 0 radical (unpaired) electrons. The smallest absolute Gasteiger partial charge is 0.318 e. The molecule has 5 aliphatic rings. The highest BCUT2D eigenvalue weighted by Gasteiger charge is 2.53. The lowest BCUT2D eigenvalue weighted by atomic mass is 9.57. The summed E-state index contributed by atoms with van der Waals surface area (Å²) >= 11 is 0. The molecule has 3 saturated carbocycles. The monoisotopic (exact) mass is 831 g/mol. The highest BCUT2D eigenvalue weighted by molar-refractivity contribution is 6.04. The van der Waals surface area contributed by atoms with Crippen LogP contribution in [0.15, 0.2) is 83.1 Å². The first-order valence-corrected chi connectivity index (χ1v) is 24.1. The third kappa shape index (κ3) is 7.68. The van der Waals surface area contributed by atoms with Crippen molar-refractivity contribution in [1.82, 2.24) is 0 Å². The molecule has 2 spiro atoms. The van der Waals surface area contributed by atoms with Crippen molar-refractivity contribution in [2.24, 2.45) is 34.0 Å². The molecule has 0 aliphatic heterocycles. The molecule has 6 nitrogen and oxygen atoms in total. The Hall–Kier alpha value is -4.84. The van der Waals surface area contributed by atoms with Gasteiger partial charge in [-0.25, -0.2) is 9.59 Å². The summed E-state index contributed by atoms with van der Waals surface area (Å²) in [4.78, 5) is 36.8. The Labute approximate surface area is 370 Å².